The molecule has 0 aliphatic carbocycles. The van der Waals surface area contributed by atoms with Gasteiger partial charge >= 0.3 is 0 Å². The molecule has 0 spiro atoms. The van der Waals surface area contributed by atoms with Crippen molar-refractivity contribution in [3.05, 3.63) is 47.0 Å². The Morgan fingerprint density at radius 3 is 2.41 bits per heavy atom. The number of rotatable bonds is 4. The summed E-state index contributed by atoms with van der Waals surface area (Å²) in [5.41, 5.74) is 2.80. The molecule has 0 saturated carbocycles. The Kier molecular flexibility index (Phi) is 5.99. The molecule has 2 aromatic rings. The minimum Gasteiger partial charge on any atom is -0.341 e. The number of fused-ring (bicyclic) bond motifs is 1. The summed E-state index contributed by atoms with van der Waals surface area (Å²) in [5.74, 6) is 3.38. The van der Waals surface area contributed by atoms with Gasteiger partial charge in [0.25, 0.3) is 0 Å². The lowest BCUT2D eigenvalue weighted by Gasteiger charge is -2.31. The fourth-order valence-electron chi connectivity index (χ4n) is 4.58. The second-order valence-corrected chi connectivity index (χ2v) is 8.83. The maximum atomic E-state index is 11.7. The molecular formula is C23H33N5O. The van der Waals surface area contributed by atoms with Gasteiger partial charge in [0, 0.05) is 45.4 Å². The second-order valence-electron chi connectivity index (χ2n) is 8.83. The molecule has 0 unspecified atom stereocenters. The highest BCUT2D eigenvalue weighted by molar-refractivity contribution is 5.73. The molecule has 4 rings (SSSR count). The van der Waals surface area contributed by atoms with Crippen molar-refractivity contribution < 1.29 is 4.79 Å². The molecule has 0 radical (unpaired) electrons. The van der Waals surface area contributed by atoms with Crippen LogP contribution in [0.15, 0.2) is 24.3 Å². The molecule has 2 aliphatic rings. The van der Waals surface area contributed by atoms with Gasteiger partial charge in [0.1, 0.15) is 11.6 Å². The Labute approximate surface area is 173 Å². The van der Waals surface area contributed by atoms with E-state index < -0.39 is 0 Å². The molecular weight excluding hydrogens is 362 g/mol. The van der Waals surface area contributed by atoms with Crippen LogP contribution in [0.2, 0.25) is 0 Å². The van der Waals surface area contributed by atoms with Crippen molar-refractivity contribution in [1.29, 1.82) is 0 Å². The van der Waals surface area contributed by atoms with E-state index in [1.165, 1.54) is 11.1 Å². The number of benzene rings is 1. The Bertz CT molecular complexity index is 833. The van der Waals surface area contributed by atoms with Crippen LogP contribution in [0.5, 0.6) is 0 Å². The number of piperidine rings is 1. The number of nitrogens with zero attached hydrogens (tertiary/aromatic N) is 5. The topological polar surface area (TPSA) is 54.3 Å². The lowest BCUT2D eigenvalue weighted by molar-refractivity contribution is -0.128. The van der Waals surface area contributed by atoms with Crippen molar-refractivity contribution in [2.75, 3.05) is 26.2 Å². The first-order chi connectivity index (χ1) is 14.0. The van der Waals surface area contributed by atoms with Crippen LogP contribution in [0, 0.1) is 0 Å². The van der Waals surface area contributed by atoms with E-state index >= 15 is 0 Å². The number of amides is 1. The molecule has 1 amide bonds. The van der Waals surface area contributed by atoms with Crippen molar-refractivity contribution in [2.24, 2.45) is 0 Å². The predicted octanol–water partition coefficient (Wildman–Crippen LogP) is 3.19. The molecule has 0 bridgehead atoms. The highest BCUT2D eigenvalue weighted by atomic mass is 16.2. The molecule has 29 heavy (non-hydrogen) atoms. The number of carbonyl (C=O) groups excluding carboxylic acids is 1. The zero-order valence-corrected chi connectivity index (χ0v) is 18.0. The van der Waals surface area contributed by atoms with E-state index in [-0.39, 0.29) is 5.91 Å². The van der Waals surface area contributed by atoms with Crippen molar-refractivity contribution in [2.45, 2.75) is 65.0 Å². The molecule has 1 aromatic carbocycles. The summed E-state index contributed by atoms with van der Waals surface area (Å²) >= 11 is 0. The van der Waals surface area contributed by atoms with Gasteiger partial charge in [0.05, 0.1) is 0 Å². The molecule has 2 aliphatic heterocycles. The van der Waals surface area contributed by atoms with Crippen molar-refractivity contribution in [1.82, 2.24) is 24.6 Å². The van der Waals surface area contributed by atoms with E-state index in [4.69, 9.17) is 0 Å². The van der Waals surface area contributed by atoms with E-state index in [1.807, 2.05) is 4.90 Å². The molecule has 156 valence electrons. The number of hydrogen-bond acceptors (Lipinski definition) is 4. The van der Waals surface area contributed by atoms with Gasteiger partial charge in [0.2, 0.25) is 5.91 Å². The van der Waals surface area contributed by atoms with Gasteiger partial charge in [0.15, 0.2) is 0 Å². The minimum atomic E-state index is 0.153. The first-order valence-corrected chi connectivity index (χ1v) is 11.0. The van der Waals surface area contributed by atoms with E-state index in [0.717, 1.165) is 70.2 Å². The molecule has 0 N–H and O–H groups in total. The van der Waals surface area contributed by atoms with Gasteiger partial charge in [-0.25, -0.2) is 0 Å². The molecule has 6 nitrogen and oxygen atoms in total. The molecule has 1 fully saturated rings. The van der Waals surface area contributed by atoms with Crippen LogP contribution >= 0.6 is 0 Å². The molecule has 3 heterocycles. The highest BCUT2D eigenvalue weighted by Gasteiger charge is 2.27. The lowest BCUT2D eigenvalue weighted by atomic mass is 9.95. The maximum Gasteiger partial charge on any atom is 0.219 e. The van der Waals surface area contributed by atoms with Crippen LogP contribution in [0.4, 0.5) is 0 Å². The van der Waals surface area contributed by atoms with Gasteiger partial charge in [-0.3, -0.25) is 9.69 Å². The third-order valence-electron chi connectivity index (χ3n) is 6.51. The van der Waals surface area contributed by atoms with Gasteiger partial charge in [-0.2, -0.15) is 0 Å². The average Bonchev–Trinajstić information content (AvgIpc) is 2.99. The summed E-state index contributed by atoms with van der Waals surface area (Å²) < 4.78 is 2.29. The largest absolute Gasteiger partial charge is 0.341 e. The molecule has 1 aromatic heterocycles. The Morgan fingerprint density at radius 2 is 1.76 bits per heavy atom. The minimum absolute atomic E-state index is 0.153. The van der Waals surface area contributed by atoms with Crippen molar-refractivity contribution in [3.63, 3.8) is 0 Å². The third-order valence-corrected chi connectivity index (χ3v) is 6.51. The SMILES string of the molecule is CC(=O)N1CCc2nnc(C3CCN(Cc4ccc(C(C)C)cc4)CC3)n2CC1. The van der Waals surface area contributed by atoms with E-state index in [0.29, 0.717) is 11.8 Å². The standard InChI is InChI=1S/C23H33N5O/c1-17(2)20-6-4-19(5-7-20)16-26-11-8-21(9-12-26)23-25-24-22-10-13-27(18(3)29)14-15-28(22)23/h4-7,17,21H,8-16H2,1-3H3. The van der Waals surface area contributed by atoms with Gasteiger partial charge in [-0.1, -0.05) is 38.1 Å². The van der Waals surface area contributed by atoms with Crippen LogP contribution in [0.1, 0.15) is 68.2 Å². The zero-order chi connectivity index (χ0) is 20.4. The smallest absolute Gasteiger partial charge is 0.219 e. The van der Waals surface area contributed by atoms with E-state index in [1.54, 1.807) is 6.92 Å². The van der Waals surface area contributed by atoms with Gasteiger partial charge < -0.3 is 9.47 Å². The fraction of sp³-hybridized carbons (Fsp3) is 0.609. The summed E-state index contributed by atoms with van der Waals surface area (Å²) in [6.45, 7) is 11.7. The van der Waals surface area contributed by atoms with Crippen molar-refractivity contribution in [3.8, 4) is 0 Å². The Balaban J connectivity index is 1.35. The van der Waals surface area contributed by atoms with Crippen LogP contribution in [0.3, 0.4) is 0 Å². The first kappa shape index (κ1) is 20.1. The number of aromatic nitrogens is 3. The third kappa shape index (κ3) is 4.53. The van der Waals surface area contributed by atoms with Gasteiger partial charge in [-0.15, -0.1) is 10.2 Å². The summed E-state index contributed by atoms with van der Waals surface area (Å²) in [5, 5.41) is 9.02. The van der Waals surface area contributed by atoms with Crippen LogP contribution in [0.25, 0.3) is 0 Å². The van der Waals surface area contributed by atoms with Crippen LogP contribution < -0.4 is 0 Å². The highest BCUT2D eigenvalue weighted by Crippen LogP contribution is 2.29. The summed E-state index contributed by atoms with van der Waals surface area (Å²) in [4.78, 5) is 16.2. The van der Waals surface area contributed by atoms with Crippen LogP contribution in [-0.4, -0.2) is 56.7 Å². The number of hydrogen-bond donors (Lipinski definition) is 0. The van der Waals surface area contributed by atoms with E-state index in [2.05, 4.69) is 57.8 Å². The monoisotopic (exact) mass is 395 g/mol. The summed E-state index contributed by atoms with van der Waals surface area (Å²) in [6.07, 6.45) is 3.05. The number of carbonyl (C=O) groups is 1. The quantitative estimate of drug-likeness (QED) is 0.798. The second kappa shape index (κ2) is 8.66. The zero-order valence-electron chi connectivity index (χ0n) is 18.0. The molecule has 6 heteroatoms. The Morgan fingerprint density at radius 1 is 1.03 bits per heavy atom. The first-order valence-electron chi connectivity index (χ1n) is 11.0. The lowest BCUT2D eigenvalue weighted by Crippen LogP contribution is -2.34. The summed E-state index contributed by atoms with van der Waals surface area (Å²) in [7, 11) is 0. The average molecular weight is 396 g/mol. The maximum absolute atomic E-state index is 11.7. The summed E-state index contributed by atoms with van der Waals surface area (Å²) in [6, 6.07) is 9.09. The fourth-order valence-corrected chi connectivity index (χ4v) is 4.58. The van der Waals surface area contributed by atoms with Crippen molar-refractivity contribution >= 4 is 5.91 Å². The molecule has 1 saturated heterocycles. The Hall–Kier alpha value is -2.21. The number of likely N-dealkylation sites (tertiary alicyclic amines) is 1. The van der Waals surface area contributed by atoms with Crippen LogP contribution in [-0.2, 0) is 24.3 Å². The predicted molar refractivity (Wildman–Crippen MR) is 114 cm³/mol. The van der Waals surface area contributed by atoms with Gasteiger partial charge in [-0.05, 0) is 43.0 Å². The van der Waals surface area contributed by atoms with E-state index in [9.17, 15) is 4.79 Å². The normalized spacial score (nSPS) is 18.7. The molecule has 0 atom stereocenters.